The van der Waals surface area contributed by atoms with Gasteiger partial charge in [-0.2, -0.15) is 5.10 Å². The summed E-state index contributed by atoms with van der Waals surface area (Å²) in [6.07, 6.45) is 1.38. The molecule has 1 aromatic heterocycles. The van der Waals surface area contributed by atoms with Crippen LogP contribution in [0.5, 0.6) is 0 Å². The van der Waals surface area contributed by atoms with Crippen molar-refractivity contribution in [2.24, 2.45) is 0 Å². The van der Waals surface area contributed by atoms with E-state index < -0.39 is 20.5 Å². The Hall–Kier alpha value is -2.76. The van der Waals surface area contributed by atoms with Crippen LogP contribution in [0.4, 0.5) is 10.1 Å². The Balaban J connectivity index is 1.86. The van der Waals surface area contributed by atoms with Gasteiger partial charge in [-0.05, 0) is 63.1 Å². The van der Waals surface area contributed by atoms with Gasteiger partial charge in [0, 0.05) is 22.6 Å². The summed E-state index contributed by atoms with van der Waals surface area (Å²) >= 11 is 1.52. The number of benzene rings is 2. The smallest absolute Gasteiger partial charge is 0.266 e. The van der Waals surface area contributed by atoms with Crippen molar-refractivity contribution in [3.05, 3.63) is 75.9 Å². The molecule has 3 rings (SSSR count). The number of sulfonamides is 1. The molecule has 0 fully saturated rings. The fourth-order valence-electron chi connectivity index (χ4n) is 3.56. The van der Waals surface area contributed by atoms with Crippen molar-refractivity contribution < 1.29 is 17.7 Å². The zero-order valence-electron chi connectivity index (χ0n) is 19.4. The van der Waals surface area contributed by atoms with E-state index in [2.05, 4.69) is 4.72 Å². The van der Waals surface area contributed by atoms with Crippen molar-refractivity contribution in [1.29, 1.82) is 0 Å². The van der Waals surface area contributed by atoms with E-state index >= 15 is 0 Å². The van der Waals surface area contributed by atoms with Crippen molar-refractivity contribution in [2.45, 2.75) is 67.3 Å². The minimum absolute atomic E-state index is 0.0517. The molecule has 0 aliphatic carbocycles. The summed E-state index contributed by atoms with van der Waals surface area (Å²) in [4.78, 5) is 12.1. The Morgan fingerprint density at radius 2 is 1.71 bits per heavy atom. The molecule has 3 aromatic rings. The minimum atomic E-state index is -3.92. The van der Waals surface area contributed by atoms with Gasteiger partial charge in [-0.25, -0.2) is 17.5 Å². The van der Waals surface area contributed by atoms with Gasteiger partial charge >= 0.3 is 0 Å². The second-order valence-electron chi connectivity index (χ2n) is 8.38. The van der Waals surface area contributed by atoms with Crippen LogP contribution in [0, 0.1) is 15.9 Å². The van der Waals surface area contributed by atoms with Crippen molar-refractivity contribution in [1.82, 2.24) is 14.5 Å². The Morgan fingerprint density at radius 3 is 2.24 bits per heavy atom. The molecule has 8 nitrogen and oxygen atoms in total. The topological polar surface area (TPSA) is 107 Å². The van der Waals surface area contributed by atoms with Gasteiger partial charge in [0.2, 0.25) is 10.0 Å². The van der Waals surface area contributed by atoms with E-state index in [-0.39, 0.29) is 22.9 Å². The maximum atomic E-state index is 13.3. The number of nitro groups is 1. The first-order chi connectivity index (χ1) is 16.0. The lowest BCUT2D eigenvalue weighted by atomic mass is 10.1. The summed E-state index contributed by atoms with van der Waals surface area (Å²) in [6, 6.07) is 11.0. The van der Waals surface area contributed by atoms with Crippen LogP contribution in [-0.4, -0.2) is 28.7 Å². The van der Waals surface area contributed by atoms with Crippen LogP contribution < -0.4 is 4.72 Å². The van der Waals surface area contributed by atoms with Crippen LogP contribution in [0.3, 0.4) is 0 Å². The average Bonchev–Trinajstić information content (AvgIpc) is 3.09. The van der Waals surface area contributed by atoms with Crippen LogP contribution in [-0.2, 0) is 29.4 Å². The molecule has 0 radical (unpaired) electrons. The number of nitro benzene ring substituents is 1. The summed E-state index contributed by atoms with van der Waals surface area (Å²) in [5, 5.41) is 15.6. The molecule has 182 valence electrons. The third kappa shape index (κ3) is 6.02. The second kappa shape index (κ2) is 10.2. The Kier molecular flexibility index (Phi) is 7.79. The van der Waals surface area contributed by atoms with E-state index in [1.807, 2.05) is 18.5 Å². The molecule has 0 atom stereocenters. The summed E-state index contributed by atoms with van der Waals surface area (Å²) in [5.74, 6) is -0.298. The molecule has 11 heteroatoms. The van der Waals surface area contributed by atoms with E-state index in [9.17, 15) is 22.9 Å². The molecule has 0 spiro atoms. The lowest BCUT2D eigenvalue weighted by molar-refractivity contribution is -0.384. The number of nitrogens with zero attached hydrogens (tertiary/aromatic N) is 3. The largest absolute Gasteiger partial charge is 0.269 e. The zero-order valence-corrected chi connectivity index (χ0v) is 21.0. The predicted molar refractivity (Wildman–Crippen MR) is 129 cm³/mol. The molecule has 0 amide bonds. The molecular weight excluding hydrogens is 479 g/mol. The standard InChI is InChI=1S/C23H27FN4O4S2/c1-5-20-22(33-18-11-7-16(24)8-12-18)21(6-2)27(25-20)15-23(3,4)26-34(31,32)19-13-9-17(10-14-19)28(29)30/h7-14,26H,5-6,15H2,1-4H3. The van der Waals surface area contributed by atoms with E-state index in [0.29, 0.717) is 12.8 Å². The van der Waals surface area contributed by atoms with Crippen molar-refractivity contribution in [2.75, 3.05) is 0 Å². The predicted octanol–water partition coefficient (Wildman–Crippen LogP) is 4.96. The highest BCUT2D eigenvalue weighted by Gasteiger charge is 2.29. The summed E-state index contributed by atoms with van der Waals surface area (Å²) in [6.45, 7) is 7.81. The number of hydrogen-bond donors (Lipinski definition) is 1. The fourth-order valence-corrected chi connectivity index (χ4v) is 6.14. The van der Waals surface area contributed by atoms with Crippen LogP contribution in [0.15, 0.2) is 63.2 Å². The van der Waals surface area contributed by atoms with Gasteiger partial charge in [-0.1, -0.05) is 25.6 Å². The van der Waals surface area contributed by atoms with E-state index in [1.165, 1.54) is 36.0 Å². The molecule has 0 saturated carbocycles. The van der Waals surface area contributed by atoms with Crippen LogP contribution in [0.2, 0.25) is 0 Å². The lowest BCUT2D eigenvalue weighted by Gasteiger charge is -2.27. The van der Waals surface area contributed by atoms with Gasteiger partial charge in [-0.3, -0.25) is 14.8 Å². The first kappa shape index (κ1) is 25.9. The molecule has 1 N–H and O–H groups in total. The number of non-ortho nitro benzene ring substituents is 1. The Morgan fingerprint density at radius 1 is 1.09 bits per heavy atom. The fraction of sp³-hybridized carbons (Fsp3) is 0.348. The molecule has 0 saturated heterocycles. The van der Waals surface area contributed by atoms with Crippen molar-refractivity contribution in [3.8, 4) is 0 Å². The number of aromatic nitrogens is 2. The van der Waals surface area contributed by atoms with Gasteiger partial charge in [0.15, 0.2) is 0 Å². The maximum Gasteiger partial charge on any atom is 0.269 e. The normalized spacial score (nSPS) is 12.1. The second-order valence-corrected chi connectivity index (χ2v) is 11.1. The summed E-state index contributed by atoms with van der Waals surface area (Å²) < 4.78 is 43.7. The number of aryl methyl sites for hydroxylation is 1. The third-order valence-corrected chi connectivity index (χ3v) is 7.99. The molecular formula is C23H27FN4O4S2. The number of nitrogens with one attached hydrogen (secondary N) is 1. The Labute approximate surface area is 202 Å². The molecule has 0 unspecified atom stereocenters. The summed E-state index contributed by atoms with van der Waals surface area (Å²) in [7, 11) is -3.92. The van der Waals surface area contributed by atoms with Gasteiger partial charge in [-0.15, -0.1) is 0 Å². The molecule has 0 aliphatic heterocycles. The highest BCUT2D eigenvalue weighted by atomic mass is 32.2. The molecule has 0 aliphatic rings. The monoisotopic (exact) mass is 506 g/mol. The number of hydrogen-bond acceptors (Lipinski definition) is 6. The maximum absolute atomic E-state index is 13.3. The van der Waals surface area contributed by atoms with Crippen molar-refractivity contribution in [3.63, 3.8) is 0 Å². The highest BCUT2D eigenvalue weighted by Crippen LogP contribution is 2.34. The van der Waals surface area contributed by atoms with E-state index in [0.717, 1.165) is 33.3 Å². The molecule has 0 bridgehead atoms. The minimum Gasteiger partial charge on any atom is -0.266 e. The van der Waals surface area contributed by atoms with E-state index in [1.54, 1.807) is 26.0 Å². The number of rotatable bonds is 10. The third-order valence-electron chi connectivity index (χ3n) is 5.09. The zero-order chi connectivity index (χ0) is 25.1. The van der Waals surface area contributed by atoms with Gasteiger partial charge < -0.3 is 0 Å². The van der Waals surface area contributed by atoms with E-state index in [4.69, 9.17) is 5.10 Å². The van der Waals surface area contributed by atoms with Gasteiger partial charge in [0.05, 0.1) is 32.6 Å². The Bertz CT molecular complexity index is 1270. The molecule has 1 heterocycles. The summed E-state index contributed by atoms with van der Waals surface area (Å²) in [5.41, 5.74) is 0.772. The first-order valence-electron chi connectivity index (χ1n) is 10.8. The number of halogens is 1. The van der Waals surface area contributed by atoms with Crippen LogP contribution in [0.1, 0.15) is 39.1 Å². The molecule has 2 aromatic carbocycles. The van der Waals surface area contributed by atoms with Crippen LogP contribution >= 0.6 is 11.8 Å². The average molecular weight is 507 g/mol. The lowest BCUT2D eigenvalue weighted by Crippen LogP contribution is -2.46. The first-order valence-corrected chi connectivity index (χ1v) is 13.1. The highest BCUT2D eigenvalue weighted by molar-refractivity contribution is 7.99. The van der Waals surface area contributed by atoms with Crippen molar-refractivity contribution >= 4 is 27.5 Å². The molecule has 34 heavy (non-hydrogen) atoms. The van der Waals surface area contributed by atoms with Gasteiger partial charge in [0.25, 0.3) is 5.69 Å². The van der Waals surface area contributed by atoms with Crippen LogP contribution in [0.25, 0.3) is 0 Å². The quantitative estimate of drug-likeness (QED) is 0.308. The van der Waals surface area contributed by atoms with Gasteiger partial charge in [0.1, 0.15) is 5.82 Å². The SMILES string of the molecule is CCc1nn(CC(C)(C)NS(=O)(=O)c2ccc([N+](=O)[O-])cc2)c(CC)c1Sc1ccc(F)cc1.